The van der Waals surface area contributed by atoms with Crippen LogP contribution < -0.4 is 5.32 Å². The van der Waals surface area contributed by atoms with Crippen LogP contribution in [-0.2, 0) is 6.42 Å². The standard InChI is InChI=1S/C28H22N6O/c1-19-4-5-22(15-20(19)6-9-24-17-30-27-3-2-12-31-34(24)27)28(35)32-23-8-10-25-21(16-23)7-11-26(25)33-14-13-29-18-33/h2-5,8,10,12-18,26H,7,11H2,1H3,(H,32,35). The number of imidazole rings is 2. The van der Waals surface area contributed by atoms with Gasteiger partial charge in [0.1, 0.15) is 5.69 Å². The summed E-state index contributed by atoms with van der Waals surface area (Å²) >= 11 is 0. The number of amides is 1. The number of carbonyl (C=O) groups is 1. The van der Waals surface area contributed by atoms with E-state index in [1.165, 1.54) is 11.1 Å². The lowest BCUT2D eigenvalue weighted by atomic mass is 10.0. The Bertz CT molecular complexity index is 1620. The van der Waals surface area contributed by atoms with Gasteiger partial charge in [0, 0.05) is 35.4 Å². The maximum Gasteiger partial charge on any atom is 0.255 e. The van der Waals surface area contributed by atoms with Crippen LogP contribution in [0.5, 0.6) is 0 Å². The van der Waals surface area contributed by atoms with Gasteiger partial charge < -0.3 is 9.88 Å². The molecule has 1 aliphatic rings. The molecule has 1 aliphatic carbocycles. The Balaban J connectivity index is 1.22. The third kappa shape index (κ3) is 3.96. The summed E-state index contributed by atoms with van der Waals surface area (Å²) in [6, 6.07) is 15.8. The van der Waals surface area contributed by atoms with Crippen molar-refractivity contribution in [3.63, 3.8) is 0 Å². The summed E-state index contributed by atoms with van der Waals surface area (Å²) in [5, 5.41) is 7.34. The van der Waals surface area contributed by atoms with Crippen molar-refractivity contribution in [1.82, 2.24) is 24.1 Å². The van der Waals surface area contributed by atoms with Gasteiger partial charge in [0.2, 0.25) is 0 Å². The molecule has 7 heteroatoms. The lowest BCUT2D eigenvalue weighted by molar-refractivity contribution is 0.102. The lowest BCUT2D eigenvalue weighted by Crippen LogP contribution is -2.12. The number of carbonyl (C=O) groups excluding carboxylic acids is 1. The van der Waals surface area contributed by atoms with Crippen LogP contribution in [0.25, 0.3) is 5.65 Å². The average molecular weight is 459 g/mol. The zero-order chi connectivity index (χ0) is 23.8. The third-order valence-electron chi connectivity index (χ3n) is 6.43. The highest BCUT2D eigenvalue weighted by Gasteiger charge is 2.24. The topological polar surface area (TPSA) is 77.1 Å². The van der Waals surface area contributed by atoms with Gasteiger partial charge in [-0.1, -0.05) is 18.1 Å². The number of aromatic nitrogens is 5. The summed E-state index contributed by atoms with van der Waals surface area (Å²) in [5.74, 6) is 6.16. The molecule has 0 aliphatic heterocycles. The lowest BCUT2D eigenvalue weighted by Gasteiger charge is -2.14. The van der Waals surface area contributed by atoms with Gasteiger partial charge in [-0.25, -0.2) is 14.5 Å². The molecule has 5 aromatic rings. The number of fused-ring (bicyclic) bond motifs is 2. The number of nitrogens with zero attached hydrogens (tertiary/aromatic N) is 5. The quantitative estimate of drug-likeness (QED) is 0.406. The fraction of sp³-hybridized carbons (Fsp3) is 0.143. The monoisotopic (exact) mass is 458 g/mol. The molecule has 0 saturated carbocycles. The van der Waals surface area contributed by atoms with Crippen LogP contribution in [0.2, 0.25) is 0 Å². The van der Waals surface area contributed by atoms with Crippen molar-refractivity contribution in [1.29, 1.82) is 0 Å². The molecule has 1 N–H and O–H groups in total. The Morgan fingerprint density at radius 2 is 2.06 bits per heavy atom. The van der Waals surface area contributed by atoms with Crippen molar-refractivity contribution >= 4 is 17.2 Å². The molecule has 0 bridgehead atoms. The maximum absolute atomic E-state index is 13.0. The molecule has 0 saturated heterocycles. The van der Waals surface area contributed by atoms with Crippen LogP contribution in [0.3, 0.4) is 0 Å². The Morgan fingerprint density at radius 1 is 1.11 bits per heavy atom. The third-order valence-corrected chi connectivity index (χ3v) is 6.43. The van der Waals surface area contributed by atoms with E-state index in [0.29, 0.717) is 17.3 Å². The molecule has 35 heavy (non-hydrogen) atoms. The van der Waals surface area contributed by atoms with E-state index in [1.54, 1.807) is 16.9 Å². The molecule has 1 atom stereocenters. The molecule has 0 spiro atoms. The molecule has 0 fully saturated rings. The molecule has 1 amide bonds. The SMILES string of the molecule is Cc1ccc(C(=O)Nc2ccc3c(c2)CCC3n2ccnc2)cc1C#Cc1cnc2cccnn12. The summed E-state index contributed by atoms with van der Waals surface area (Å²) in [6.07, 6.45) is 11.1. The minimum absolute atomic E-state index is 0.159. The second kappa shape index (κ2) is 8.58. The Labute approximate surface area is 202 Å². The Kier molecular flexibility index (Phi) is 5.12. The zero-order valence-electron chi connectivity index (χ0n) is 19.1. The minimum atomic E-state index is -0.159. The maximum atomic E-state index is 13.0. The molecule has 2 aromatic carbocycles. The van der Waals surface area contributed by atoms with E-state index in [0.717, 1.165) is 35.3 Å². The van der Waals surface area contributed by atoms with E-state index < -0.39 is 0 Å². The van der Waals surface area contributed by atoms with Gasteiger partial charge in [-0.2, -0.15) is 5.10 Å². The van der Waals surface area contributed by atoms with Gasteiger partial charge in [-0.15, -0.1) is 0 Å². The first-order valence-electron chi connectivity index (χ1n) is 11.5. The summed E-state index contributed by atoms with van der Waals surface area (Å²) in [4.78, 5) is 21.5. The van der Waals surface area contributed by atoms with Crippen LogP contribution in [-0.4, -0.2) is 30.1 Å². The highest BCUT2D eigenvalue weighted by molar-refractivity contribution is 6.04. The number of anilines is 1. The molecular weight excluding hydrogens is 436 g/mol. The van der Waals surface area contributed by atoms with Crippen LogP contribution in [0.1, 0.15) is 50.8 Å². The van der Waals surface area contributed by atoms with Crippen molar-refractivity contribution < 1.29 is 4.79 Å². The second-order valence-electron chi connectivity index (χ2n) is 8.65. The molecule has 3 aromatic heterocycles. The first-order valence-corrected chi connectivity index (χ1v) is 11.5. The first kappa shape index (κ1) is 20.9. The predicted octanol–water partition coefficient (Wildman–Crippen LogP) is 4.42. The van der Waals surface area contributed by atoms with Crippen molar-refractivity contribution in [2.75, 3.05) is 5.32 Å². The van der Waals surface area contributed by atoms with Crippen molar-refractivity contribution in [2.24, 2.45) is 0 Å². The van der Waals surface area contributed by atoms with Gasteiger partial charge in [-0.05, 0) is 78.8 Å². The number of hydrogen-bond acceptors (Lipinski definition) is 4. The molecule has 3 heterocycles. The molecule has 1 unspecified atom stereocenters. The largest absolute Gasteiger partial charge is 0.330 e. The fourth-order valence-electron chi connectivity index (χ4n) is 4.58. The minimum Gasteiger partial charge on any atom is -0.330 e. The number of aryl methyl sites for hydroxylation is 2. The van der Waals surface area contributed by atoms with E-state index >= 15 is 0 Å². The fourth-order valence-corrected chi connectivity index (χ4v) is 4.58. The van der Waals surface area contributed by atoms with E-state index in [-0.39, 0.29) is 5.91 Å². The van der Waals surface area contributed by atoms with Gasteiger partial charge in [-0.3, -0.25) is 4.79 Å². The number of hydrogen-bond donors (Lipinski definition) is 1. The van der Waals surface area contributed by atoms with Gasteiger partial charge in [0.25, 0.3) is 5.91 Å². The van der Waals surface area contributed by atoms with Crippen molar-refractivity contribution in [3.05, 3.63) is 113 Å². The van der Waals surface area contributed by atoms with Crippen molar-refractivity contribution in [3.8, 4) is 11.8 Å². The van der Waals surface area contributed by atoms with Crippen LogP contribution in [0.4, 0.5) is 5.69 Å². The highest BCUT2D eigenvalue weighted by Crippen LogP contribution is 2.35. The van der Waals surface area contributed by atoms with Crippen LogP contribution >= 0.6 is 0 Å². The number of nitrogens with one attached hydrogen (secondary N) is 1. The summed E-state index contributed by atoms with van der Waals surface area (Å²) < 4.78 is 3.84. The summed E-state index contributed by atoms with van der Waals surface area (Å²) in [7, 11) is 0. The zero-order valence-corrected chi connectivity index (χ0v) is 19.1. The first-order chi connectivity index (χ1) is 17.2. The van der Waals surface area contributed by atoms with Crippen LogP contribution in [0, 0.1) is 18.8 Å². The highest BCUT2D eigenvalue weighted by atomic mass is 16.1. The van der Waals surface area contributed by atoms with E-state index in [1.807, 2.05) is 62.0 Å². The van der Waals surface area contributed by atoms with Gasteiger partial charge in [0.05, 0.1) is 18.6 Å². The van der Waals surface area contributed by atoms with E-state index in [4.69, 9.17) is 0 Å². The smallest absolute Gasteiger partial charge is 0.255 e. The summed E-state index contributed by atoms with van der Waals surface area (Å²) in [6.45, 7) is 1.98. The Hall–Kier alpha value is -4.70. The number of rotatable bonds is 3. The predicted molar refractivity (Wildman–Crippen MR) is 133 cm³/mol. The van der Waals surface area contributed by atoms with Crippen LogP contribution in [0.15, 0.2) is 79.6 Å². The normalized spacial score (nSPS) is 14.4. The molecular formula is C28H22N6O. The van der Waals surface area contributed by atoms with E-state index in [9.17, 15) is 4.79 Å². The van der Waals surface area contributed by atoms with Crippen molar-refractivity contribution in [2.45, 2.75) is 25.8 Å². The molecule has 6 rings (SSSR count). The van der Waals surface area contributed by atoms with Gasteiger partial charge >= 0.3 is 0 Å². The molecule has 0 radical (unpaired) electrons. The summed E-state index contributed by atoms with van der Waals surface area (Å²) in [5.41, 5.74) is 7.14. The van der Waals surface area contributed by atoms with E-state index in [2.05, 4.69) is 48.9 Å². The molecule has 7 nitrogen and oxygen atoms in total. The molecule has 170 valence electrons. The Morgan fingerprint density at radius 3 is 2.94 bits per heavy atom. The second-order valence-corrected chi connectivity index (χ2v) is 8.65. The number of benzene rings is 2. The average Bonchev–Trinajstić information content (AvgIpc) is 3.63. The van der Waals surface area contributed by atoms with Gasteiger partial charge in [0.15, 0.2) is 5.65 Å².